The summed E-state index contributed by atoms with van der Waals surface area (Å²) in [5.74, 6) is -0.263. The third-order valence-corrected chi connectivity index (χ3v) is 3.73. The number of nitrogens with zero attached hydrogens (tertiary/aromatic N) is 2. The average molecular weight is 310 g/mol. The molecule has 0 atom stereocenters. The molecule has 118 valence electrons. The highest BCUT2D eigenvalue weighted by atomic mass is 16.2. The molecule has 2 heterocycles. The lowest BCUT2D eigenvalue weighted by atomic mass is 10.2. The Bertz CT molecular complexity index is 697. The number of urea groups is 1. The zero-order valence-electron chi connectivity index (χ0n) is 12.7. The van der Waals surface area contributed by atoms with Crippen LogP contribution in [0.25, 0.3) is 0 Å². The van der Waals surface area contributed by atoms with Gasteiger partial charge in [0.15, 0.2) is 0 Å². The number of rotatable bonds is 3. The second-order valence-corrected chi connectivity index (χ2v) is 5.37. The van der Waals surface area contributed by atoms with E-state index >= 15 is 0 Å². The predicted molar refractivity (Wildman–Crippen MR) is 88.5 cm³/mol. The summed E-state index contributed by atoms with van der Waals surface area (Å²) in [5, 5.41) is 5.68. The maximum atomic E-state index is 12.2. The molecule has 3 amide bonds. The summed E-state index contributed by atoms with van der Waals surface area (Å²) in [7, 11) is 0. The normalized spacial score (nSPS) is 13.7. The van der Waals surface area contributed by atoms with Gasteiger partial charge in [0.05, 0.1) is 16.9 Å². The molecule has 1 aliphatic heterocycles. The third kappa shape index (κ3) is 3.66. The lowest BCUT2D eigenvalue weighted by Crippen LogP contribution is -2.32. The van der Waals surface area contributed by atoms with E-state index < -0.39 is 0 Å². The van der Waals surface area contributed by atoms with Crippen LogP contribution in [0.5, 0.6) is 0 Å². The van der Waals surface area contributed by atoms with Crippen molar-refractivity contribution in [3.63, 3.8) is 0 Å². The van der Waals surface area contributed by atoms with Gasteiger partial charge in [-0.25, -0.2) is 4.79 Å². The Balaban J connectivity index is 1.73. The van der Waals surface area contributed by atoms with Gasteiger partial charge >= 0.3 is 6.03 Å². The number of para-hydroxylation sites is 2. The van der Waals surface area contributed by atoms with Gasteiger partial charge in [-0.15, -0.1) is 0 Å². The fourth-order valence-electron chi connectivity index (χ4n) is 2.51. The molecule has 1 fully saturated rings. The van der Waals surface area contributed by atoms with Crippen molar-refractivity contribution in [3.8, 4) is 0 Å². The zero-order valence-corrected chi connectivity index (χ0v) is 12.7. The van der Waals surface area contributed by atoms with Crippen LogP contribution in [-0.4, -0.2) is 34.9 Å². The van der Waals surface area contributed by atoms with Crippen LogP contribution in [0.15, 0.2) is 48.8 Å². The smallest absolute Gasteiger partial charge is 0.321 e. The number of likely N-dealkylation sites (tertiary alicyclic amines) is 1. The molecular formula is C17H18N4O2. The number of carbonyl (C=O) groups excluding carboxylic acids is 2. The van der Waals surface area contributed by atoms with Gasteiger partial charge in [-0.2, -0.15) is 0 Å². The Morgan fingerprint density at radius 2 is 1.65 bits per heavy atom. The first-order valence-electron chi connectivity index (χ1n) is 7.60. The van der Waals surface area contributed by atoms with Gasteiger partial charge in [-0.05, 0) is 37.1 Å². The number of hydrogen-bond donors (Lipinski definition) is 2. The number of pyridine rings is 1. The number of amides is 3. The van der Waals surface area contributed by atoms with E-state index in [9.17, 15) is 9.59 Å². The van der Waals surface area contributed by atoms with Crippen molar-refractivity contribution in [1.82, 2.24) is 9.88 Å². The van der Waals surface area contributed by atoms with E-state index in [4.69, 9.17) is 0 Å². The van der Waals surface area contributed by atoms with E-state index in [1.54, 1.807) is 35.4 Å². The van der Waals surface area contributed by atoms with Crippen LogP contribution in [-0.2, 0) is 0 Å². The molecule has 1 aliphatic rings. The van der Waals surface area contributed by atoms with Crippen molar-refractivity contribution in [3.05, 3.63) is 54.4 Å². The van der Waals surface area contributed by atoms with E-state index in [0.717, 1.165) is 25.9 Å². The number of benzene rings is 1. The Morgan fingerprint density at radius 1 is 0.957 bits per heavy atom. The van der Waals surface area contributed by atoms with Crippen LogP contribution in [0.2, 0.25) is 0 Å². The first-order valence-corrected chi connectivity index (χ1v) is 7.60. The minimum atomic E-state index is -0.263. The number of nitrogens with one attached hydrogen (secondary N) is 2. The number of aromatic nitrogens is 1. The summed E-state index contributed by atoms with van der Waals surface area (Å²) in [5.41, 5.74) is 1.61. The van der Waals surface area contributed by atoms with Gasteiger partial charge in [-0.3, -0.25) is 9.78 Å². The summed E-state index contributed by atoms with van der Waals surface area (Å²) in [6.07, 6.45) is 5.18. The molecule has 2 aromatic rings. The molecule has 3 rings (SSSR count). The summed E-state index contributed by atoms with van der Waals surface area (Å²) < 4.78 is 0. The van der Waals surface area contributed by atoms with Crippen LogP contribution in [0, 0.1) is 0 Å². The largest absolute Gasteiger partial charge is 0.325 e. The third-order valence-electron chi connectivity index (χ3n) is 3.73. The van der Waals surface area contributed by atoms with E-state index in [-0.39, 0.29) is 11.9 Å². The SMILES string of the molecule is O=C(Nc1ccccc1NC(=O)N1CCCC1)c1cccnc1. The van der Waals surface area contributed by atoms with Gasteiger partial charge in [0, 0.05) is 25.5 Å². The molecule has 0 aliphatic carbocycles. The molecular weight excluding hydrogens is 292 g/mol. The highest BCUT2D eigenvalue weighted by Crippen LogP contribution is 2.22. The standard InChI is InChI=1S/C17H18N4O2/c22-16(13-6-5-9-18-12-13)19-14-7-1-2-8-15(14)20-17(23)21-10-3-4-11-21/h1-2,5-9,12H,3-4,10-11H2,(H,19,22)(H,20,23). The Hall–Kier alpha value is -2.89. The van der Waals surface area contributed by atoms with Crippen molar-refractivity contribution in [2.75, 3.05) is 23.7 Å². The van der Waals surface area contributed by atoms with Crippen molar-refractivity contribution < 1.29 is 9.59 Å². The fourth-order valence-corrected chi connectivity index (χ4v) is 2.51. The minimum absolute atomic E-state index is 0.134. The summed E-state index contributed by atoms with van der Waals surface area (Å²) in [6, 6.07) is 10.4. The van der Waals surface area contributed by atoms with E-state index in [1.807, 2.05) is 12.1 Å². The molecule has 2 N–H and O–H groups in total. The van der Waals surface area contributed by atoms with Gasteiger partial charge < -0.3 is 15.5 Å². The average Bonchev–Trinajstić information content (AvgIpc) is 3.12. The second kappa shape index (κ2) is 6.91. The van der Waals surface area contributed by atoms with E-state index in [0.29, 0.717) is 16.9 Å². The Labute approximate surface area is 134 Å². The van der Waals surface area contributed by atoms with Crippen LogP contribution in [0.4, 0.5) is 16.2 Å². The highest BCUT2D eigenvalue weighted by molar-refractivity contribution is 6.06. The van der Waals surface area contributed by atoms with Crippen molar-refractivity contribution in [1.29, 1.82) is 0 Å². The van der Waals surface area contributed by atoms with Gasteiger partial charge in [-0.1, -0.05) is 12.1 Å². The molecule has 0 spiro atoms. The summed E-state index contributed by atoms with van der Waals surface area (Å²) >= 11 is 0. The molecule has 23 heavy (non-hydrogen) atoms. The van der Waals surface area contributed by atoms with Crippen LogP contribution in [0.1, 0.15) is 23.2 Å². The lowest BCUT2D eigenvalue weighted by molar-refractivity contribution is 0.102. The Morgan fingerprint density at radius 3 is 2.30 bits per heavy atom. The minimum Gasteiger partial charge on any atom is -0.325 e. The zero-order chi connectivity index (χ0) is 16.1. The molecule has 1 aromatic carbocycles. The van der Waals surface area contributed by atoms with Crippen LogP contribution in [0.3, 0.4) is 0 Å². The van der Waals surface area contributed by atoms with Crippen molar-refractivity contribution in [2.45, 2.75) is 12.8 Å². The van der Waals surface area contributed by atoms with E-state index in [2.05, 4.69) is 15.6 Å². The van der Waals surface area contributed by atoms with Gasteiger partial charge in [0.25, 0.3) is 5.91 Å². The summed E-state index contributed by atoms with van der Waals surface area (Å²) in [4.78, 5) is 30.2. The van der Waals surface area contributed by atoms with Crippen LogP contribution < -0.4 is 10.6 Å². The molecule has 0 saturated carbocycles. The van der Waals surface area contributed by atoms with Crippen LogP contribution >= 0.6 is 0 Å². The maximum Gasteiger partial charge on any atom is 0.321 e. The quantitative estimate of drug-likeness (QED) is 0.915. The second-order valence-electron chi connectivity index (χ2n) is 5.37. The van der Waals surface area contributed by atoms with Crippen molar-refractivity contribution >= 4 is 23.3 Å². The molecule has 0 bridgehead atoms. The van der Waals surface area contributed by atoms with Gasteiger partial charge in [0.1, 0.15) is 0 Å². The monoisotopic (exact) mass is 310 g/mol. The number of anilines is 2. The topological polar surface area (TPSA) is 74.3 Å². The van der Waals surface area contributed by atoms with Gasteiger partial charge in [0.2, 0.25) is 0 Å². The molecule has 6 heteroatoms. The van der Waals surface area contributed by atoms with E-state index in [1.165, 1.54) is 6.20 Å². The summed E-state index contributed by atoms with van der Waals surface area (Å²) in [6.45, 7) is 1.55. The molecule has 0 radical (unpaired) electrons. The van der Waals surface area contributed by atoms with Crippen molar-refractivity contribution in [2.24, 2.45) is 0 Å². The lowest BCUT2D eigenvalue weighted by Gasteiger charge is -2.18. The first kappa shape index (κ1) is 15.0. The number of carbonyl (C=O) groups is 2. The highest BCUT2D eigenvalue weighted by Gasteiger charge is 2.19. The number of hydrogen-bond acceptors (Lipinski definition) is 3. The Kier molecular flexibility index (Phi) is 4.52. The predicted octanol–water partition coefficient (Wildman–Crippen LogP) is 2.96. The maximum absolute atomic E-state index is 12.2. The molecule has 6 nitrogen and oxygen atoms in total. The fraction of sp³-hybridized carbons (Fsp3) is 0.235. The molecule has 0 unspecified atom stereocenters. The first-order chi connectivity index (χ1) is 11.2. The molecule has 1 saturated heterocycles. The molecule has 1 aromatic heterocycles.